The molecule has 1 aromatic heterocycles. The third kappa shape index (κ3) is 4.80. The molecule has 5 nitrogen and oxygen atoms in total. The Kier molecular flexibility index (Phi) is 6.40. The van der Waals surface area contributed by atoms with Gasteiger partial charge in [-0.25, -0.2) is 13.1 Å². The Morgan fingerprint density at radius 1 is 1.29 bits per heavy atom. The maximum Gasteiger partial charge on any atom is 0.242 e. The molecular formula is C16H19ClN2O3S2. The first-order valence-corrected chi connectivity index (χ1v) is 10.1. The largest absolute Gasteiger partial charge is 0.341 e. The van der Waals surface area contributed by atoms with E-state index in [2.05, 4.69) is 4.72 Å². The van der Waals surface area contributed by atoms with Crippen molar-refractivity contribution >= 4 is 38.9 Å². The predicted molar refractivity (Wildman–Crippen MR) is 96.8 cm³/mol. The summed E-state index contributed by atoms with van der Waals surface area (Å²) in [5.41, 5.74) is 1.15. The Morgan fingerprint density at radius 2 is 2.00 bits per heavy atom. The topological polar surface area (TPSA) is 66.5 Å². The molecule has 24 heavy (non-hydrogen) atoms. The lowest BCUT2D eigenvalue weighted by molar-refractivity contribution is -0.130. The van der Waals surface area contributed by atoms with Crippen molar-refractivity contribution < 1.29 is 13.2 Å². The normalized spacial score (nSPS) is 11.5. The summed E-state index contributed by atoms with van der Waals surface area (Å²) < 4.78 is 26.8. The number of aryl methyl sites for hydroxylation is 1. The number of hydrogen-bond acceptors (Lipinski definition) is 4. The Labute approximate surface area is 151 Å². The number of carbonyl (C=O) groups is 1. The highest BCUT2D eigenvalue weighted by molar-refractivity contribution is 7.89. The van der Waals surface area contributed by atoms with Crippen LogP contribution in [0.4, 0.5) is 0 Å². The van der Waals surface area contributed by atoms with Crippen LogP contribution in [0.2, 0.25) is 5.02 Å². The van der Waals surface area contributed by atoms with Gasteiger partial charge in [-0.1, -0.05) is 23.7 Å². The number of nitrogens with zero attached hydrogens (tertiary/aromatic N) is 1. The van der Waals surface area contributed by atoms with Gasteiger partial charge >= 0.3 is 0 Å². The summed E-state index contributed by atoms with van der Waals surface area (Å²) in [6.45, 7) is 2.56. The van der Waals surface area contributed by atoms with Gasteiger partial charge in [-0.05, 0) is 36.1 Å². The van der Waals surface area contributed by atoms with Crippen molar-refractivity contribution in [3.05, 3.63) is 51.2 Å². The van der Waals surface area contributed by atoms with Crippen molar-refractivity contribution in [1.82, 2.24) is 9.62 Å². The van der Waals surface area contributed by atoms with Crippen LogP contribution in [0.3, 0.4) is 0 Å². The van der Waals surface area contributed by atoms with E-state index in [9.17, 15) is 13.2 Å². The molecule has 8 heteroatoms. The van der Waals surface area contributed by atoms with Crippen LogP contribution in [0.5, 0.6) is 0 Å². The van der Waals surface area contributed by atoms with E-state index in [1.54, 1.807) is 35.4 Å². The van der Waals surface area contributed by atoms with E-state index >= 15 is 0 Å². The minimum Gasteiger partial charge on any atom is -0.341 e. The van der Waals surface area contributed by atoms with E-state index in [4.69, 9.17) is 11.6 Å². The highest BCUT2D eigenvalue weighted by atomic mass is 35.5. The molecule has 0 fully saturated rings. The van der Waals surface area contributed by atoms with Crippen LogP contribution in [0, 0.1) is 6.92 Å². The molecule has 1 heterocycles. The number of thiophene rings is 1. The fraction of sp³-hybridized carbons (Fsp3) is 0.312. The van der Waals surface area contributed by atoms with Crippen molar-refractivity contribution in [2.45, 2.75) is 24.8 Å². The molecule has 0 radical (unpaired) electrons. The van der Waals surface area contributed by atoms with Crippen LogP contribution in [0.25, 0.3) is 0 Å². The second-order valence-electron chi connectivity index (χ2n) is 5.35. The van der Waals surface area contributed by atoms with Gasteiger partial charge in [-0.15, -0.1) is 11.3 Å². The number of nitrogens with one attached hydrogen (secondary N) is 1. The summed E-state index contributed by atoms with van der Waals surface area (Å²) in [6.07, 6.45) is 0.0879. The Balaban J connectivity index is 1.88. The average molecular weight is 387 g/mol. The first-order valence-electron chi connectivity index (χ1n) is 7.32. The summed E-state index contributed by atoms with van der Waals surface area (Å²) in [6, 6.07) is 8.21. The maximum absolute atomic E-state index is 12.2. The fourth-order valence-electron chi connectivity index (χ4n) is 2.09. The molecule has 130 valence electrons. The summed E-state index contributed by atoms with van der Waals surface area (Å²) in [5.74, 6) is -0.121. The van der Waals surface area contributed by atoms with Gasteiger partial charge < -0.3 is 4.90 Å². The highest BCUT2D eigenvalue weighted by Gasteiger charge is 2.18. The van der Waals surface area contributed by atoms with Gasteiger partial charge in [0.1, 0.15) is 4.90 Å². The van der Waals surface area contributed by atoms with Crippen molar-refractivity contribution in [1.29, 1.82) is 0 Å². The molecule has 2 rings (SSSR count). The van der Waals surface area contributed by atoms with Gasteiger partial charge in [-0.2, -0.15) is 0 Å². The van der Waals surface area contributed by atoms with Gasteiger partial charge in [0, 0.05) is 24.9 Å². The van der Waals surface area contributed by atoms with E-state index in [0.29, 0.717) is 6.54 Å². The Morgan fingerprint density at radius 3 is 2.62 bits per heavy atom. The molecule has 0 bridgehead atoms. The third-order valence-electron chi connectivity index (χ3n) is 3.53. The molecule has 0 aliphatic rings. The van der Waals surface area contributed by atoms with E-state index in [-0.39, 0.29) is 28.8 Å². The van der Waals surface area contributed by atoms with Gasteiger partial charge in [0.05, 0.1) is 11.6 Å². The first kappa shape index (κ1) is 18.9. The molecule has 0 unspecified atom stereocenters. The monoisotopic (exact) mass is 386 g/mol. The lowest BCUT2D eigenvalue weighted by Crippen LogP contribution is -2.32. The SMILES string of the molecule is Cc1ccsc1CN(C)C(=O)CCNS(=O)(=O)c1ccccc1Cl. The van der Waals surface area contributed by atoms with Crippen LogP contribution >= 0.6 is 22.9 Å². The maximum atomic E-state index is 12.2. The molecule has 0 aliphatic carbocycles. The zero-order chi connectivity index (χ0) is 17.7. The summed E-state index contributed by atoms with van der Waals surface area (Å²) in [7, 11) is -2.01. The second-order valence-corrected chi connectivity index (χ2v) is 8.50. The van der Waals surface area contributed by atoms with Crippen molar-refractivity contribution in [2.75, 3.05) is 13.6 Å². The van der Waals surface area contributed by atoms with Gasteiger partial charge in [-0.3, -0.25) is 4.79 Å². The van der Waals surface area contributed by atoms with Gasteiger partial charge in [0.2, 0.25) is 15.9 Å². The van der Waals surface area contributed by atoms with E-state index in [1.807, 2.05) is 18.4 Å². The summed E-state index contributed by atoms with van der Waals surface area (Å²) in [4.78, 5) is 14.9. The van der Waals surface area contributed by atoms with Gasteiger partial charge in [0.25, 0.3) is 0 Å². The molecule has 0 atom stereocenters. The molecule has 0 spiro atoms. The number of benzene rings is 1. The van der Waals surface area contributed by atoms with Crippen LogP contribution < -0.4 is 4.72 Å². The first-order chi connectivity index (χ1) is 11.3. The Hall–Kier alpha value is -1.41. The second kappa shape index (κ2) is 8.11. The van der Waals surface area contributed by atoms with Gasteiger partial charge in [0.15, 0.2) is 0 Å². The van der Waals surface area contributed by atoms with E-state index in [0.717, 1.165) is 10.4 Å². The number of rotatable bonds is 7. The minimum absolute atomic E-state index is 0.0154. The molecule has 0 aliphatic heterocycles. The zero-order valence-electron chi connectivity index (χ0n) is 13.5. The quantitative estimate of drug-likeness (QED) is 0.795. The van der Waals surface area contributed by atoms with Crippen molar-refractivity contribution in [3.63, 3.8) is 0 Å². The standard InChI is InChI=1S/C16H19ClN2O3S2/c1-12-8-10-23-14(12)11-19(2)16(20)7-9-18-24(21,22)15-6-4-3-5-13(15)17/h3-6,8,10,18H,7,9,11H2,1-2H3. The minimum atomic E-state index is -3.72. The van der Waals surface area contributed by atoms with E-state index < -0.39 is 10.0 Å². The zero-order valence-corrected chi connectivity index (χ0v) is 15.8. The van der Waals surface area contributed by atoms with Crippen LogP contribution in [0.15, 0.2) is 40.6 Å². The highest BCUT2D eigenvalue weighted by Crippen LogP contribution is 2.20. The third-order valence-corrected chi connectivity index (χ3v) is 6.50. The average Bonchev–Trinajstić information content (AvgIpc) is 2.92. The summed E-state index contributed by atoms with van der Waals surface area (Å²) in [5, 5.41) is 2.14. The number of hydrogen-bond donors (Lipinski definition) is 1. The molecule has 1 N–H and O–H groups in total. The smallest absolute Gasteiger partial charge is 0.242 e. The summed E-state index contributed by atoms with van der Waals surface area (Å²) >= 11 is 7.50. The van der Waals surface area contributed by atoms with Crippen molar-refractivity contribution in [3.8, 4) is 0 Å². The van der Waals surface area contributed by atoms with Crippen LogP contribution in [-0.2, 0) is 21.4 Å². The molecule has 1 amide bonds. The Bertz CT molecular complexity index is 818. The van der Waals surface area contributed by atoms with Crippen LogP contribution in [-0.4, -0.2) is 32.8 Å². The number of halogens is 1. The number of amides is 1. The molecule has 2 aromatic rings. The van der Waals surface area contributed by atoms with Crippen LogP contribution in [0.1, 0.15) is 16.9 Å². The predicted octanol–water partition coefficient (Wildman–Crippen LogP) is 3.04. The lowest BCUT2D eigenvalue weighted by atomic mass is 10.2. The lowest BCUT2D eigenvalue weighted by Gasteiger charge is -2.17. The number of sulfonamides is 1. The molecule has 1 aromatic carbocycles. The van der Waals surface area contributed by atoms with Crippen molar-refractivity contribution in [2.24, 2.45) is 0 Å². The number of carbonyl (C=O) groups excluding carboxylic acids is 1. The van der Waals surface area contributed by atoms with E-state index in [1.165, 1.54) is 12.1 Å². The fourth-order valence-corrected chi connectivity index (χ4v) is 4.60. The molecule has 0 saturated carbocycles. The molecule has 0 saturated heterocycles. The molecular weight excluding hydrogens is 368 g/mol.